The predicted molar refractivity (Wildman–Crippen MR) is 74.2 cm³/mol. The van der Waals surface area contributed by atoms with Crippen molar-refractivity contribution >= 4 is 17.3 Å². The fourth-order valence-corrected chi connectivity index (χ4v) is 2.05. The molecule has 0 aliphatic rings. The molecule has 0 saturated carbocycles. The highest BCUT2D eigenvalue weighted by atomic mass is 35.5. The van der Waals surface area contributed by atoms with Gasteiger partial charge in [-0.15, -0.1) is 0 Å². The second-order valence-electron chi connectivity index (χ2n) is 4.06. The number of nitrogens with zero attached hydrogens (tertiary/aromatic N) is 1. The first kappa shape index (κ1) is 13.2. The monoisotopic (exact) mass is 277 g/mol. The zero-order chi connectivity index (χ0) is 14.0. The maximum absolute atomic E-state index is 10.0. The topological polar surface area (TPSA) is 73.1 Å². The minimum Gasteiger partial charge on any atom is -0.508 e. The second-order valence-corrected chi connectivity index (χ2v) is 4.43. The van der Waals surface area contributed by atoms with Gasteiger partial charge in [0.15, 0.2) is 0 Å². The summed E-state index contributed by atoms with van der Waals surface area (Å²) in [6, 6.07) is 9.82. The minimum atomic E-state index is -0.137. The number of phenolic OH excluding ortho intramolecular Hbond substituents is 2. The standard InChI is InChI=1S/C14H12ClNO3/c1-8(16-19)11-6-7-12(13(15)14(11)18)9-2-4-10(17)5-3-9/h2-7,17-19H,1H3/b16-8+. The first-order valence-corrected chi connectivity index (χ1v) is 5.92. The average molecular weight is 278 g/mol. The lowest BCUT2D eigenvalue weighted by Crippen LogP contribution is -1.96. The lowest BCUT2D eigenvalue weighted by molar-refractivity contribution is 0.318. The molecule has 0 heterocycles. The summed E-state index contributed by atoms with van der Waals surface area (Å²) in [6.45, 7) is 1.56. The van der Waals surface area contributed by atoms with Crippen LogP contribution in [-0.4, -0.2) is 21.1 Å². The van der Waals surface area contributed by atoms with E-state index in [1.807, 2.05) is 0 Å². The number of rotatable bonds is 2. The van der Waals surface area contributed by atoms with Gasteiger partial charge in [-0.1, -0.05) is 35.0 Å². The molecule has 2 aromatic rings. The molecule has 2 rings (SSSR count). The smallest absolute Gasteiger partial charge is 0.143 e. The molecule has 0 amide bonds. The molecule has 0 unspecified atom stereocenters. The van der Waals surface area contributed by atoms with Crippen molar-refractivity contribution in [2.24, 2.45) is 5.16 Å². The van der Waals surface area contributed by atoms with Crippen LogP contribution in [0.3, 0.4) is 0 Å². The summed E-state index contributed by atoms with van der Waals surface area (Å²) in [6.07, 6.45) is 0. The third-order valence-corrected chi connectivity index (χ3v) is 3.22. The Morgan fingerprint density at radius 1 is 1.05 bits per heavy atom. The van der Waals surface area contributed by atoms with Crippen molar-refractivity contribution < 1.29 is 15.4 Å². The van der Waals surface area contributed by atoms with Gasteiger partial charge in [0.2, 0.25) is 0 Å². The van der Waals surface area contributed by atoms with Crippen LogP contribution in [-0.2, 0) is 0 Å². The highest BCUT2D eigenvalue weighted by Gasteiger charge is 2.14. The van der Waals surface area contributed by atoms with Gasteiger partial charge in [0.25, 0.3) is 0 Å². The molecule has 0 aliphatic heterocycles. The molecule has 0 bridgehead atoms. The van der Waals surface area contributed by atoms with Crippen LogP contribution in [0.5, 0.6) is 11.5 Å². The van der Waals surface area contributed by atoms with Crippen molar-refractivity contribution in [2.75, 3.05) is 0 Å². The number of benzene rings is 2. The van der Waals surface area contributed by atoms with Crippen molar-refractivity contribution in [2.45, 2.75) is 6.92 Å². The van der Waals surface area contributed by atoms with Gasteiger partial charge in [0.05, 0.1) is 10.7 Å². The summed E-state index contributed by atoms with van der Waals surface area (Å²) >= 11 is 6.12. The Kier molecular flexibility index (Phi) is 3.62. The predicted octanol–water partition coefficient (Wildman–Crippen LogP) is 3.62. The second kappa shape index (κ2) is 5.20. The van der Waals surface area contributed by atoms with E-state index in [0.717, 1.165) is 5.56 Å². The lowest BCUT2D eigenvalue weighted by atomic mass is 10.0. The van der Waals surface area contributed by atoms with Gasteiger partial charge in [-0.25, -0.2) is 0 Å². The number of aromatic hydroxyl groups is 2. The Morgan fingerprint density at radius 2 is 1.68 bits per heavy atom. The van der Waals surface area contributed by atoms with Gasteiger partial charge in [-0.3, -0.25) is 0 Å². The van der Waals surface area contributed by atoms with Crippen LogP contribution in [0.15, 0.2) is 41.6 Å². The fraction of sp³-hybridized carbons (Fsp3) is 0.0714. The number of phenols is 2. The molecule has 0 atom stereocenters. The average Bonchev–Trinajstić information content (AvgIpc) is 2.42. The molecule has 19 heavy (non-hydrogen) atoms. The van der Waals surface area contributed by atoms with Gasteiger partial charge in [0.1, 0.15) is 11.5 Å². The zero-order valence-corrected chi connectivity index (χ0v) is 10.9. The van der Waals surface area contributed by atoms with Gasteiger partial charge in [-0.05, 0) is 30.7 Å². The Morgan fingerprint density at radius 3 is 2.26 bits per heavy atom. The van der Waals surface area contributed by atoms with Gasteiger partial charge in [0, 0.05) is 11.1 Å². The van der Waals surface area contributed by atoms with Crippen molar-refractivity contribution in [3.05, 3.63) is 47.0 Å². The van der Waals surface area contributed by atoms with Gasteiger partial charge in [-0.2, -0.15) is 0 Å². The van der Waals surface area contributed by atoms with Crippen molar-refractivity contribution in [3.63, 3.8) is 0 Å². The number of halogens is 1. The van der Waals surface area contributed by atoms with Crippen LogP contribution in [0.1, 0.15) is 12.5 Å². The van der Waals surface area contributed by atoms with Crippen LogP contribution in [0.25, 0.3) is 11.1 Å². The largest absolute Gasteiger partial charge is 0.508 e. The maximum atomic E-state index is 10.0. The third kappa shape index (κ3) is 2.48. The first-order valence-electron chi connectivity index (χ1n) is 5.54. The summed E-state index contributed by atoms with van der Waals surface area (Å²) in [7, 11) is 0. The molecule has 0 fully saturated rings. The van der Waals surface area contributed by atoms with E-state index in [1.54, 1.807) is 31.2 Å². The summed E-state index contributed by atoms with van der Waals surface area (Å²) < 4.78 is 0. The minimum absolute atomic E-state index is 0.137. The molecule has 98 valence electrons. The van der Waals surface area contributed by atoms with E-state index in [0.29, 0.717) is 11.1 Å². The fourth-order valence-electron chi connectivity index (χ4n) is 1.77. The first-order chi connectivity index (χ1) is 9.04. The number of oxime groups is 1. The van der Waals surface area contributed by atoms with E-state index in [2.05, 4.69) is 5.16 Å². The SMILES string of the molecule is C/C(=N\O)c1ccc(-c2ccc(O)cc2)c(Cl)c1O. The summed E-state index contributed by atoms with van der Waals surface area (Å²) in [5.41, 5.74) is 2.04. The normalized spacial score (nSPS) is 11.6. The molecule has 3 N–H and O–H groups in total. The van der Waals surface area contributed by atoms with E-state index in [-0.39, 0.29) is 22.2 Å². The maximum Gasteiger partial charge on any atom is 0.143 e. The van der Waals surface area contributed by atoms with Gasteiger partial charge >= 0.3 is 0 Å². The van der Waals surface area contributed by atoms with E-state index in [9.17, 15) is 10.2 Å². The van der Waals surface area contributed by atoms with E-state index < -0.39 is 0 Å². The van der Waals surface area contributed by atoms with E-state index in [4.69, 9.17) is 16.8 Å². The number of hydrogen-bond donors (Lipinski definition) is 3. The summed E-state index contributed by atoms with van der Waals surface area (Å²) in [5.74, 6) is 0.0199. The van der Waals surface area contributed by atoms with Crippen molar-refractivity contribution in [3.8, 4) is 22.6 Å². The Hall–Kier alpha value is -2.20. The molecular formula is C14H12ClNO3. The molecular weight excluding hydrogens is 266 g/mol. The highest BCUT2D eigenvalue weighted by Crippen LogP contribution is 2.37. The van der Waals surface area contributed by atoms with Gasteiger partial charge < -0.3 is 15.4 Å². The molecule has 2 aromatic carbocycles. The van der Waals surface area contributed by atoms with Crippen LogP contribution < -0.4 is 0 Å². The molecule has 0 aliphatic carbocycles. The summed E-state index contributed by atoms with van der Waals surface area (Å²) in [4.78, 5) is 0. The Bertz CT molecular complexity index is 636. The van der Waals surface area contributed by atoms with Crippen molar-refractivity contribution in [1.82, 2.24) is 0 Å². The molecule has 0 aromatic heterocycles. The van der Waals surface area contributed by atoms with E-state index >= 15 is 0 Å². The highest BCUT2D eigenvalue weighted by molar-refractivity contribution is 6.35. The van der Waals surface area contributed by atoms with Crippen LogP contribution >= 0.6 is 11.6 Å². The molecule has 0 spiro atoms. The summed E-state index contributed by atoms with van der Waals surface area (Å²) in [5, 5.41) is 31.2. The van der Waals surface area contributed by atoms with Crippen LogP contribution in [0.2, 0.25) is 5.02 Å². The molecule has 0 saturated heterocycles. The van der Waals surface area contributed by atoms with Crippen molar-refractivity contribution in [1.29, 1.82) is 0 Å². The molecule has 4 nitrogen and oxygen atoms in total. The molecule has 5 heteroatoms. The lowest BCUT2D eigenvalue weighted by Gasteiger charge is -2.10. The van der Waals surface area contributed by atoms with Crippen LogP contribution in [0, 0.1) is 0 Å². The Labute approximate surface area is 115 Å². The quantitative estimate of drug-likeness (QED) is 0.446. The number of hydrogen-bond acceptors (Lipinski definition) is 4. The van der Waals surface area contributed by atoms with Crippen LogP contribution in [0.4, 0.5) is 0 Å². The molecule has 0 radical (unpaired) electrons. The Balaban J connectivity index is 2.56. The van der Waals surface area contributed by atoms with E-state index in [1.165, 1.54) is 12.1 Å². The third-order valence-electron chi connectivity index (χ3n) is 2.83. The zero-order valence-electron chi connectivity index (χ0n) is 10.1.